The standard InChI is InChI=1S/C21H27N7O4.C6H8O7/c1-11-26-27-21(32-11)12-3-5-15(24-20(31)18(22)29)17(9-12)25-19(30)16-6-4-13-10-28(2)8-7-14(13)23-16;7-3(8)1-6(13,5(11)12)2-4(9)10/h4,6,12,15,17H,3,5,7-10H2,1-2H3,(H2,22,29)(H,24,31)(H,25,30);13H,1-2H2,(H,7,8)(H,9,10)(H,11,12)/t12-,15-,17+;/m0./s1. The zero-order chi connectivity index (χ0) is 33.5. The topological polar surface area (TPSA) is 288 Å². The second-order valence-electron chi connectivity index (χ2n) is 11.0. The highest BCUT2D eigenvalue weighted by molar-refractivity contribution is 6.34. The Hall–Kier alpha value is -4.97. The van der Waals surface area contributed by atoms with Crippen molar-refractivity contribution in [3.63, 3.8) is 0 Å². The summed E-state index contributed by atoms with van der Waals surface area (Å²) in [6.45, 7) is 3.41. The van der Waals surface area contributed by atoms with Crippen LogP contribution in [0.4, 0.5) is 0 Å². The molecule has 0 bridgehead atoms. The molecule has 1 fully saturated rings. The van der Waals surface area contributed by atoms with Gasteiger partial charge in [0, 0.05) is 44.1 Å². The second kappa shape index (κ2) is 14.7. The molecule has 0 aromatic carbocycles. The predicted octanol–water partition coefficient (Wildman–Crippen LogP) is -1.45. The monoisotopic (exact) mass is 633 g/mol. The lowest BCUT2D eigenvalue weighted by Gasteiger charge is -2.35. The van der Waals surface area contributed by atoms with Crippen molar-refractivity contribution in [2.75, 3.05) is 13.6 Å². The minimum absolute atomic E-state index is 0.0738. The maximum Gasteiger partial charge on any atom is 0.336 e. The van der Waals surface area contributed by atoms with Crippen LogP contribution in [0.15, 0.2) is 16.5 Å². The van der Waals surface area contributed by atoms with Crippen molar-refractivity contribution < 1.29 is 53.6 Å². The van der Waals surface area contributed by atoms with Crippen LogP contribution < -0.4 is 16.4 Å². The number of hydrogen-bond acceptors (Lipinski definition) is 12. The number of aromatic nitrogens is 3. The van der Waals surface area contributed by atoms with Crippen molar-refractivity contribution in [2.45, 2.75) is 75.6 Å². The molecule has 18 heteroatoms. The summed E-state index contributed by atoms with van der Waals surface area (Å²) in [6, 6.07) is 2.74. The van der Waals surface area contributed by atoms with E-state index in [0.717, 1.165) is 30.8 Å². The number of amides is 3. The molecule has 2 aliphatic rings. The molecule has 0 saturated heterocycles. The Morgan fingerprint density at radius 3 is 2.24 bits per heavy atom. The van der Waals surface area contributed by atoms with E-state index in [1.54, 1.807) is 13.0 Å². The molecule has 1 saturated carbocycles. The summed E-state index contributed by atoms with van der Waals surface area (Å²) in [6.07, 6.45) is 0.130. The Morgan fingerprint density at radius 2 is 1.69 bits per heavy atom. The minimum atomic E-state index is -2.74. The molecule has 3 amide bonds. The van der Waals surface area contributed by atoms with Gasteiger partial charge in [-0.2, -0.15) is 0 Å². The Kier molecular flexibility index (Phi) is 11.3. The Balaban J connectivity index is 0.000000360. The normalized spacial score (nSPS) is 19.7. The number of carbonyl (C=O) groups excluding carboxylic acids is 3. The van der Waals surface area contributed by atoms with Crippen LogP contribution in [0.2, 0.25) is 0 Å². The quantitative estimate of drug-likeness (QED) is 0.155. The number of rotatable bonds is 9. The number of nitrogens with one attached hydrogen (secondary N) is 2. The molecule has 0 radical (unpaired) electrons. The predicted molar refractivity (Wildman–Crippen MR) is 149 cm³/mol. The first-order valence-corrected chi connectivity index (χ1v) is 13.9. The molecule has 244 valence electrons. The van der Waals surface area contributed by atoms with E-state index in [0.29, 0.717) is 36.7 Å². The average Bonchev–Trinajstić information content (AvgIpc) is 3.39. The van der Waals surface area contributed by atoms with Gasteiger partial charge >= 0.3 is 29.7 Å². The number of hydrogen-bond donors (Lipinski definition) is 7. The van der Waals surface area contributed by atoms with Gasteiger partial charge in [-0.25, -0.2) is 9.78 Å². The Morgan fingerprint density at radius 1 is 1.02 bits per heavy atom. The van der Waals surface area contributed by atoms with E-state index in [1.165, 1.54) is 0 Å². The third kappa shape index (κ3) is 9.51. The van der Waals surface area contributed by atoms with Gasteiger partial charge in [0.05, 0.1) is 18.9 Å². The number of aryl methyl sites for hydroxylation is 1. The number of likely N-dealkylation sites (N-methyl/N-ethyl adjacent to an activating group) is 1. The molecule has 1 aliphatic heterocycles. The van der Waals surface area contributed by atoms with Gasteiger partial charge in [-0.1, -0.05) is 6.07 Å². The SMILES string of the molecule is Cc1nnc([C@H]2CC[C@H](NC(=O)C(N)=O)[C@H](NC(=O)c3ccc4c(n3)CCN(C)C4)C2)o1.O=C(O)CC(O)(CC(=O)O)C(=O)O. The molecule has 0 unspecified atom stereocenters. The van der Waals surface area contributed by atoms with Crippen LogP contribution in [0.5, 0.6) is 0 Å². The number of carboxylic acid groups (broad SMARTS) is 3. The molecular weight excluding hydrogens is 598 g/mol. The van der Waals surface area contributed by atoms with Crippen molar-refractivity contribution in [3.8, 4) is 0 Å². The smallest absolute Gasteiger partial charge is 0.336 e. The van der Waals surface area contributed by atoms with Crippen LogP contribution >= 0.6 is 0 Å². The molecule has 2 aromatic heterocycles. The number of carboxylic acids is 3. The first kappa shape index (κ1) is 34.5. The molecule has 2 aromatic rings. The zero-order valence-electron chi connectivity index (χ0n) is 24.6. The van der Waals surface area contributed by atoms with E-state index in [4.69, 9.17) is 30.6 Å². The van der Waals surface area contributed by atoms with E-state index >= 15 is 0 Å². The van der Waals surface area contributed by atoms with Crippen molar-refractivity contribution in [1.29, 1.82) is 0 Å². The van der Waals surface area contributed by atoms with Gasteiger partial charge in [-0.15, -0.1) is 10.2 Å². The highest BCUT2D eigenvalue weighted by atomic mass is 16.4. The van der Waals surface area contributed by atoms with E-state index < -0.39 is 60.2 Å². The van der Waals surface area contributed by atoms with Crippen molar-refractivity contribution in [2.24, 2.45) is 5.73 Å². The minimum Gasteiger partial charge on any atom is -0.481 e. The summed E-state index contributed by atoms with van der Waals surface area (Å²) in [4.78, 5) is 73.4. The van der Waals surface area contributed by atoms with Crippen LogP contribution in [0.25, 0.3) is 0 Å². The summed E-state index contributed by atoms with van der Waals surface area (Å²) in [5.74, 6) is -6.41. The maximum atomic E-state index is 13.0. The van der Waals surface area contributed by atoms with E-state index in [9.17, 15) is 28.8 Å². The van der Waals surface area contributed by atoms with Crippen LogP contribution in [-0.2, 0) is 36.9 Å². The van der Waals surface area contributed by atoms with Gasteiger partial charge in [0.25, 0.3) is 5.91 Å². The second-order valence-corrected chi connectivity index (χ2v) is 11.0. The van der Waals surface area contributed by atoms with Gasteiger partial charge in [-0.3, -0.25) is 24.0 Å². The fourth-order valence-corrected chi connectivity index (χ4v) is 5.08. The molecular formula is C27H35N7O11. The van der Waals surface area contributed by atoms with Gasteiger partial charge in [0.2, 0.25) is 11.8 Å². The number of carbonyl (C=O) groups is 6. The number of pyridine rings is 1. The number of nitrogens with zero attached hydrogens (tertiary/aromatic N) is 4. The third-order valence-corrected chi connectivity index (χ3v) is 7.36. The summed E-state index contributed by atoms with van der Waals surface area (Å²) in [7, 11) is 2.05. The molecule has 1 aliphatic carbocycles. The molecule has 3 atom stereocenters. The van der Waals surface area contributed by atoms with Gasteiger partial charge in [0.15, 0.2) is 5.60 Å². The summed E-state index contributed by atoms with van der Waals surface area (Å²) >= 11 is 0. The number of primary amides is 1. The average molecular weight is 634 g/mol. The lowest BCUT2D eigenvalue weighted by atomic mass is 9.82. The Labute approximate surface area is 256 Å². The molecule has 4 rings (SSSR count). The van der Waals surface area contributed by atoms with Crippen LogP contribution in [-0.4, -0.2) is 107 Å². The van der Waals surface area contributed by atoms with Crippen LogP contribution in [0, 0.1) is 6.92 Å². The number of aliphatic carboxylic acids is 3. The molecule has 3 heterocycles. The van der Waals surface area contributed by atoms with Crippen molar-refractivity contribution in [3.05, 3.63) is 40.9 Å². The van der Waals surface area contributed by atoms with E-state index in [1.807, 2.05) is 6.07 Å². The third-order valence-electron chi connectivity index (χ3n) is 7.36. The lowest BCUT2D eigenvalue weighted by molar-refractivity contribution is -0.170. The van der Waals surface area contributed by atoms with Gasteiger partial charge < -0.3 is 46.1 Å². The fourth-order valence-electron chi connectivity index (χ4n) is 5.08. The van der Waals surface area contributed by atoms with Gasteiger partial charge in [0.1, 0.15) is 5.69 Å². The molecule has 18 nitrogen and oxygen atoms in total. The summed E-state index contributed by atoms with van der Waals surface area (Å²) in [5, 5.41) is 47.4. The van der Waals surface area contributed by atoms with E-state index in [-0.39, 0.29) is 11.8 Å². The number of aliphatic hydroxyl groups is 1. The highest BCUT2D eigenvalue weighted by Crippen LogP contribution is 2.32. The van der Waals surface area contributed by atoms with Crippen molar-refractivity contribution in [1.82, 2.24) is 30.7 Å². The summed E-state index contributed by atoms with van der Waals surface area (Å²) < 4.78 is 5.57. The van der Waals surface area contributed by atoms with Crippen LogP contribution in [0.1, 0.15) is 71.5 Å². The largest absolute Gasteiger partial charge is 0.481 e. The fraction of sp³-hybridized carbons (Fsp3) is 0.519. The van der Waals surface area contributed by atoms with Crippen LogP contribution in [0.3, 0.4) is 0 Å². The van der Waals surface area contributed by atoms with Gasteiger partial charge in [-0.05, 0) is 37.9 Å². The lowest BCUT2D eigenvalue weighted by Crippen LogP contribution is -2.56. The van der Waals surface area contributed by atoms with Crippen molar-refractivity contribution >= 4 is 35.6 Å². The highest BCUT2D eigenvalue weighted by Gasteiger charge is 2.41. The number of fused-ring (bicyclic) bond motifs is 1. The molecule has 45 heavy (non-hydrogen) atoms. The maximum absolute atomic E-state index is 13.0. The van der Waals surface area contributed by atoms with E-state index in [2.05, 4.69) is 37.8 Å². The summed E-state index contributed by atoms with van der Waals surface area (Å²) in [5.41, 5.74) is 4.73. The molecule has 8 N–H and O–H groups in total. The first-order chi connectivity index (χ1) is 21.1. The Bertz CT molecular complexity index is 1440. The zero-order valence-corrected chi connectivity index (χ0v) is 24.6. The number of nitrogens with two attached hydrogens (primary N) is 1. The molecule has 0 spiro atoms. The first-order valence-electron chi connectivity index (χ1n) is 13.9.